The lowest BCUT2D eigenvalue weighted by molar-refractivity contribution is 0.411. The van der Waals surface area contributed by atoms with Crippen molar-refractivity contribution in [2.24, 2.45) is 0 Å². The van der Waals surface area contributed by atoms with Gasteiger partial charge in [0.05, 0.1) is 20.8 Å². The molecule has 0 atom stereocenters. The third-order valence-electron chi connectivity index (χ3n) is 2.85. The second kappa shape index (κ2) is 6.08. The molecule has 0 unspecified atom stereocenters. The van der Waals surface area contributed by atoms with Gasteiger partial charge in [-0.3, -0.25) is 4.98 Å². The van der Waals surface area contributed by atoms with Gasteiger partial charge in [0.1, 0.15) is 5.69 Å². The van der Waals surface area contributed by atoms with Gasteiger partial charge < -0.3 is 4.74 Å². The molecule has 22 heavy (non-hydrogen) atoms. The number of thiophene rings is 1. The molecular formula is C13H8BrCl2N3O2S. The second-order valence-electron chi connectivity index (χ2n) is 4.23. The van der Waals surface area contributed by atoms with E-state index in [1.807, 2.05) is 12.1 Å². The van der Waals surface area contributed by atoms with Crippen LogP contribution in [0.2, 0.25) is 10.0 Å². The Morgan fingerprint density at radius 2 is 2.14 bits per heavy atom. The summed E-state index contributed by atoms with van der Waals surface area (Å²) in [6, 6.07) is 6.86. The van der Waals surface area contributed by atoms with Crippen LogP contribution >= 0.6 is 50.5 Å². The highest BCUT2D eigenvalue weighted by atomic mass is 79.9. The van der Waals surface area contributed by atoms with E-state index < -0.39 is 5.69 Å². The van der Waals surface area contributed by atoms with Crippen LogP contribution in [0.25, 0.3) is 16.4 Å². The highest BCUT2D eigenvalue weighted by molar-refractivity contribution is 9.11. The fourth-order valence-electron chi connectivity index (χ4n) is 1.95. The molecule has 0 radical (unpaired) electrons. The molecule has 0 saturated heterocycles. The van der Waals surface area contributed by atoms with Crippen molar-refractivity contribution < 1.29 is 4.74 Å². The summed E-state index contributed by atoms with van der Waals surface area (Å²) >= 11 is 16.9. The first-order valence-corrected chi connectivity index (χ1v) is 8.34. The van der Waals surface area contributed by atoms with Gasteiger partial charge in [-0.15, -0.1) is 16.4 Å². The molecule has 2 heterocycles. The van der Waals surface area contributed by atoms with Gasteiger partial charge in [-0.2, -0.15) is 4.68 Å². The number of aromatic amines is 1. The summed E-state index contributed by atoms with van der Waals surface area (Å²) in [4.78, 5) is 15.7. The zero-order valence-electron chi connectivity index (χ0n) is 11.1. The van der Waals surface area contributed by atoms with Gasteiger partial charge in [0.15, 0.2) is 11.6 Å². The molecule has 0 spiro atoms. The maximum absolute atomic E-state index is 12.2. The maximum Gasteiger partial charge on any atom is 0.348 e. The van der Waals surface area contributed by atoms with Crippen molar-refractivity contribution in [3.8, 4) is 22.1 Å². The van der Waals surface area contributed by atoms with E-state index in [4.69, 9.17) is 27.9 Å². The van der Waals surface area contributed by atoms with Crippen LogP contribution < -0.4 is 10.4 Å². The quantitative estimate of drug-likeness (QED) is 0.684. The third kappa shape index (κ3) is 2.81. The number of aromatic nitrogens is 3. The molecule has 3 rings (SSSR count). The van der Waals surface area contributed by atoms with Crippen LogP contribution in [0.15, 0.2) is 32.8 Å². The SMILES string of the molecule is COc1c(Cl)cc(Cl)cc1-n1nc(-c2ccc(Br)s2)[nH]c1=O. The zero-order valence-corrected chi connectivity index (χ0v) is 15.0. The Hall–Kier alpha value is -1.28. The predicted octanol–water partition coefficient (Wildman–Crippen LogP) is 4.37. The first-order chi connectivity index (χ1) is 10.5. The number of rotatable bonds is 3. The Morgan fingerprint density at radius 3 is 2.77 bits per heavy atom. The molecule has 0 aliphatic heterocycles. The number of benzene rings is 1. The van der Waals surface area contributed by atoms with E-state index in [0.717, 1.165) is 8.66 Å². The van der Waals surface area contributed by atoms with Crippen molar-refractivity contribution in [2.75, 3.05) is 7.11 Å². The Bertz CT molecular complexity index is 903. The Labute approximate surface area is 147 Å². The Balaban J connectivity index is 2.18. The summed E-state index contributed by atoms with van der Waals surface area (Å²) in [7, 11) is 1.47. The number of hydrogen-bond acceptors (Lipinski definition) is 4. The standard InChI is InChI=1S/C13H8BrCl2N3O2S/c1-21-11-7(16)4-6(15)5-8(11)19-13(20)17-12(18-19)9-2-3-10(14)22-9/h2-5H,1H3,(H,17,18,20). The van der Waals surface area contributed by atoms with Crippen molar-refractivity contribution in [1.29, 1.82) is 0 Å². The first kappa shape index (κ1) is 15.6. The summed E-state index contributed by atoms with van der Waals surface area (Å²) in [6.07, 6.45) is 0. The highest BCUT2D eigenvalue weighted by Gasteiger charge is 2.17. The summed E-state index contributed by atoms with van der Waals surface area (Å²) in [5.41, 5.74) is -0.0284. The van der Waals surface area contributed by atoms with Crippen LogP contribution in [-0.2, 0) is 0 Å². The lowest BCUT2D eigenvalue weighted by atomic mass is 10.3. The van der Waals surface area contributed by atoms with E-state index in [0.29, 0.717) is 27.3 Å². The molecule has 0 saturated carbocycles. The molecule has 0 aliphatic carbocycles. The monoisotopic (exact) mass is 419 g/mol. The van der Waals surface area contributed by atoms with Crippen LogP contribution in [-0.4, -0.2) is 21.9 Å². The van der Waals surface area contributed by atoms with Crippen molar-refractivity contribution in [3.63, 3.8) is 0 Å². The molecule has 0 fully saturated rings. The number of ether oxygens (including phenoxy) is 1. The molecular weight excluding hydrogens is 413 g/mol. The first-order valence-electron chi connectivity index (χ1n) is 5.98. The summed E-state index contributed by atoms with van der Waals surface area (Å²) in [6.45, 7) is 0. The van der Waals surface area contributed by atoms with Gasteiger partial charge >= 0.3 is 5.69 Å². The molecule has 0 aliphatic rings. The minimum absolute atomic E-state index is 0.306. The third-order valence-corrected chi connectivity index (χ3v) is 4.97. The van der Waals surface area contributed by atoms with Gasteiger partial charge in [-0.05, 0) is 40.2 Å². The molecule has 0 amide bonds. The lowest BCUT2D eigenvalue weighted by Crippen LogP contribution is -2.16. The lowest BCUT2D eigenvalue weighted by Gasteiger charge is -2.09. The topological polar surface area (TPSA) is 59.9 Å². The summed E-state index contributed by atoms with van der Waals surface area (Å²) in [5, 5.41) is 4.99. The van der Waals surface area contributed by atoms with E-state index >= 15 is 0 Å². The molecule has 3 aromatic rings. The Kier molecular flexibility index (Phi) is 4.31. The number of nitrogens with zero attached hydrogens (tertiary/aromatic N) is 2. The number of hydrogen-bond donors (Lipinski definition) is 1. The minimum atomic E-state index is -0.406. The normalized spacial score (nSPS) is 10.9. The van der Waals surface area contributed by atoms with Crippen LogP contribution in [0.5, 0.6) is 5.75 Å². The maximum atomic E-state index is 12.2. The number of H-pyrrole nitrogens is 1. The highest BCUT2D eigenvalue weighted by Crippen LogP contribution is 2.34. The average molecular weight is 421 g/mol. The van der Waals surface area contributed by atoms with E-state index in [-0.39, 0.29) is 0 Å². The van der Waals surface area contributed by atoms with E-state index in [1.54, 1.807) is 12.1 Å². The fourth-order valence-corrected chi connectivity index (χ4v) is 3.83. The van der Waals surface area contributed by atoms with Crippen LogP contribution in [0.1, 0.15) is 0 Å². The largest absolute Gasteiger partial charge is 0.493 e. The van der Waals surface area contributed by atoms with E-state index in [2.05, 4.69) is 26.0 Å². The van der Waals surface area contributed by atoms with Gasteiger partial charge in [-0.1, -0.05) is 23.2 Å². The van der Waals surface area contributed by atoms with Crippen molar-refractivity contribution in [3.05, 3.63) is 48.6 Å². The molecule has 2 aromatic heterocycles. The number of halogens is 3. The molecule has 114 valence electrons. The van der Waals surface area contributed by atoms with Gasteiger partial charge in [0.2, 0.25) is 0 Å². The van der Waals surface area contributed by atoms with Crippen molar-refractivity contribution >= 4 is 50.5 Å². The van der Waals surface area contributed by atoms with Gasteiger partial charge in [0.25, 0.3) is 0 Å². The number of methoxy groups -OCH3 is 1. The van der Waals surface area contributed by atoms with Crippen molar-refractivity contribution in [1.82, 2.24) is 14.8 Å². The van der Waals surface area contributed by atoms with Crippen LogP contribution in [0, 0.1) is 0 Å². The summed E-state index contributed by atoms with van der Waals surface area (Å²) < 4.78 is 7.38. The molecule has 0 bridgehead atoms. The minimum Gasteiger partial charge on any atom is -0.493 e. The second-order valence-corrected chi connectivity index (χ2v) is 7.54. The van der Waals surface area contributed by atoms with Gasteiger partial charge in [-0.25, -0.2) is 4.79 Å². The molecule has 9 heteroatoms. The van der Waals surface area contributed by atoms with Gasteiger partial charge in [0, 0.05) is 5.02 Å². The average Bonchev–Trinajstić information content (AvgIpc) is 3.04. The smallest absolute Gasteiger partial charge is 0.348 e. The van der Waals surface area contributed by atoms with Crippen molar-refractivity contribution in [2.45, 2.75) is 0 Å². The summed E-state index contributed by atoms with van der Waals surface area (Å²) in [5.74, 6) is 0.789. The number of nitrogens with one attached hydrogen (secondary N) is 1. The van der Waals surface area contributed by atoms with E-state index in [1.165, 1.54) is 23.1 Å². The molecule has 1 aromatic carbocycles. The molecule has 1 N–H and O–H groups in total. The molecule has 5 nitrogen and oxygen atoms in total. The van der Waals surface area contributed by atoms with E-state index in [9.17, 15) is 4.79 Å². The zero-order chi connectivity index (χ0) is 15.9. The van der Waals surface area contributed by atoms with Crippen LogP contribution in [0.4, 0.5) is 0 Å². The Morgan fingerprint density at radius 1 is 1.36 bits per heavy atom. The fraction of sp³-hybridized carbons (Fsp3) is 0.0769. The predicted molar refractivity (Wildman–Crippen MR) is 91.8 cm³/mol. The van der Waals surface area contributed by atoms with Crippen LogP contribution in [0.3, 0.4) is 0 Å².